The van der Waals surface area contributed by atoms with Gasteiger partial charge in [0.15, 0.2) is 0 Å². The minimum atomic E-state index is -2.92. The minimum absolute atomic E-state index is 0.0522. The number of nitrogens with one attached hydrogen (secondary N) is 1. The molecule has 2 aromatic rings. The van der Waals surface area contributed by atoms with Gasteiger partial charge in [-0.2, -0.15) is 8.78 Å². The number of amides is 1. The lowest BCUT2D eigenvalue weighted by Crippen LogP contribution is -2.13. The molecule has 1 amide bonds. The second-order valence-corrected chi connectivity index (χ2v) is 5.24. The molecule has 0 saturated heterocycles. The van der Waals surface area contributed by atoms with Gasteiger partial charge in [-0.1, -0.05) is 28.1 Å². The summed E-state index contributed by atoms with van der Waals surface area (Å²) in [7, 11) is 0. The maximum Gasteiger partial charge on any atom is 0.387 e. The van der Waals surface area contributed by atoms with Gasteiger partial charge in [0, 0.05) is 15.7 Å². The summed E-state index contributed by atoms with van der Waals surface area (Å²) in [6.45, 7) is -1.06. The third-order valence-electron chi connectivity index (χ3n) is 2.77. The highest BCUT2D eigenvalue weighted by Gasteiger charge is 2.11. The van der Waals surface area contributed by atoms with Gasteiger partial charge < -0.3 is 10.1 Å². The maximum atomic E-state index is 12.2. The van der Waals surface area contributed by atoms with Crippen molar-refractivity contribution in [3.8, 4) is 5.75 Å². The highest BCUT2D eigenvalue weighted by atomic mass is 79.9. The Balaban J connectivity index is 2.18. The maximum absolute atomic E-state index is 12.2. The third-order valence-corrected chi connectivity index (χ3v) is 3.26. The summed E-state index contributed by atoms with van der Waals surface area (Å²) >= 11 is 3.33. The molecule has 0 radical (unpaired) electrons. The van der Waals surface area contributed by atoms with Gasteiger partial charge in [0.05, 0.1) is 0 Å². The highest BCUT2D eigenvalue weighted by Crippen LogP contribution is 2.22. The average Bonchev–Trinajstić information content (AvgIpc) is 2.42. The molecule has 0 aromatic heterocycles. The van der Waals surface area contributed by atoms with E-state index in [1.54, 1.807) is 6.07 Å². The number of rotatable bonds is 4. The second-order valence-electron chi connectivity index (χ2n) is 4.32. The molecule has 2 aromatic carbocycles. The van der Waals surface area contributed by atoms with Crippen LogP contribution in [0.3, 0.4) is 0 Å². The van der Waals surface area contributed by atoms with Gasteiger partial charge in [-0.25, -0.2) is 0 Å². The van der Waals surface area contributed by atoms with Gasteiger partial charge in [0.25, 0.3) is 5.91 Å². The predicted octanol–water partition coefficient (Wildman–Crippen LogP) is 4.61. The number of alkyl halides is 2. The molecular weight excluding hydrogens is 344 g/mol. The summed E-state index contributed by atoms with van der Waals surface area (Å²) < 4.78 is 29.4. The van der Waals surface area contributed by atoms with Crippen molar-refractivity contribution >= 4 is 27.5 Å². The Kier molecular flexibility index (Phi) is 4.90. The van der Waals surface area contributed by atoms with E-state index in [4.69, 9.17) is 0 Å². The standard InChI is InChI=1S/C15H12BrF2NO2/c1-9-5-6-11(16)8-13(9)19-14(20)10-3-2-4-12(7-10)21-15(17)18/h2-8,15H,1H3,(H,19,20). The predicted molar refractivity (Wildman–Crippen MR) is 79.9 cm³/mol. The van der Waals surface area contributed by atoms with Gasteiger partial charge in [-0.05, 0) is 42.8 Å². The Morgan fingerprint density at radius 2 is 2.00 bits per heavy atom. The van der Waals surface area contributed by atoms with Crippen molar-refractivity contribution in [1.82, 2.24) is 0 Å². The van der Waals surface area contributed by atoms with Crippen molar-refractivity contribution in [1.29, 1.82) is 0 Å². The van der Waals surface area contributed by atoms with Gasteiger partial charge in [-0.3, -0.25) is 4.79 Å². The third kappa shape index (κ3) is 4.26. The van der Waals surface area contributed by atoms with Gasteiger partial charge in [0.2, 0.25) is 0 Å². The summed E-state index contributed by atoms with van der Waals surface area (Å²) in [5.74, 6) is -0.445. The molecule has 3 nitrogen and oxygen atoms in total. The molecule has 0 aliphatic rings. The van der Waals surface area contributed by atoms with Gasteiger partial charge >= 0.3 is 6.61 Å². The number of carbonyl (C=O) groups is 1. The van der Waals surface area contributed by atoms with Crippen molar-refractivity contribution < 1.29 is 18.3 Å². The molecule has 0 bridgehead atoms. The van der Waals surface area contributed by atoms with Crippen LogP contribution in [0.25, 0.3) is 0 Å². The quantitative estimate of drug-likeness (QED) is 0.869. The lowest BCUT2D eigenvalue weighted by molar-refractivity contribution is -0.0498. The number of ether oxygens (including phenoxy) is 1. The number of hydrogen-bond acceptors (Lipinski definition) is 2. The van der Waals surface area contributed by atoms with E-state index in [0.717, 1.165) is 10.0 Å². The Morgan fingerprint density at radius 1 is 1.24 bits per heavy atom. The van der Waals surface area contributed by atoms with E-state index in [-0.39, 0.29) is 11.3 Å². The number of hydrogen-bond donors (Lipinski definition) is 1. The highest BCUT2D eigenvalue weighted by molar-refractivity contribution is 9.10. The molecule has 110 valence electrons. The van der Waals surface area contributed by atoms with Crippen LogP contribution in [0, 0.1) is 6.92 Å². The van der Waals surface area contributed by atoms with Crippen LogP contribution in [-0.2, 0) is 0 Å². The molecule has 0 spiro atoms. The monoisotopic (exact) mass is 355 g/mol. The van der Waals surface area contributed by atoms with E-state index in [2.05, 4.69) is 26.0 Å². The van der Waals surface area contributed by atoms with Gasteiger partial charge in [0.1, 0.15) is 5.75 Å². The van der Waals surface area contributed by atoms with Crippen LogP contribution in [0.4, 0.5) is 14.5 Å². The molecule has 0 aliphatic heterocycles. The Bertz CT molecular complexity index is 662. The minimum Gasteiger partial charge on any atom is -0.435 e. The average molecular weight is 356 g/mol. The van der Waals surface area contributed by atoms with E-state index in [1.165, 1.54) is 24.3 Å². The van der Waals surface area contributed by atoms with E-state index in [0.29, 0.717) is 5.69 Å². The lowest BCUT2D eigenvalue weighted by atomic mass is 10.1. The molecular formula is C15H12BrF2NO2. The largest absolute Gasteiger partial charge is 0.435 e. The summed E-state index contributed by atoms with van der Waals surface area (Å²) in [5, 5.41) is 2.74. The van der Waals surface area contributed by atoms with Crippen LogP contribution >= 0.6 is 15.9 Å². The van der Waals surface area contributed by atoms with Crippen LogP contribution in [0.15, 0.2) is 46.9 Å². The first-order chi connectivity index (χ1) is 9.95. The Morgan fingerprint density at radius 3 is 2.71 bits per heavy atom. The van der Waals surface area contributed by atoms with E-state index >= 15 is 0 Å². The van der Waals surface area contributed by atoms with Crippen LogP contribution in [0.1, 0.15) is 15.9 Å². The molecule has 1 N–H and O–H groups in total. The summed E-state index contributed by atoms with van der Waals surface area (Å²) in [6.07, 6.45) is 0. The van der Waals surface area contributed by atoms with E-state index in [1.807, 2.05) is 19.1 Å². The molecule has 21 heavy (non-hydrogen) atoms. The molecule has 0 aliphatic carbocycles. The van der Waals surface area contributed by atoms with Crippen LogP contribution in [0.2, 0.25) is 0 Å². The zero-order chi connectivity index (χ0) is 15.4. The first-order valence-electron chi connectivity index (χ1n) is 6.08. The topological polar surface area (TPSA) is 38.3 Å². The summed E-state index contributed by atoms with van der Waals surface area (Å²) in [4.78, 5) is 12.1. The van der Waals surface area contributed by atoms with E-state index in [9.17, 15) is 13.6 Å². The van der Waals surface area contributed by atoms with E-state index < -0.39 is 12.5 Å². The summed E-state index contributed by atoms with van der Waals surface area (Å²) in [5.41, 5.74) is 1.79. The Labute approximate surface area is 129 Å². The van der Waals surface area contributed by atoms with Crippen molar-refractivity contribution in [2.45, 2.75) is 13.5 Å². The molecule has 0 fully saturated rings. The van der Waals surface area contributed by atoms with Crippen LogP contribution < -0.4 is 10.1 Å². The van der Waals surface area contributed by atoms with Crippen molar-refractivity contribution in [2.75, 3.05) is 5.32 Å². The SMILES string of the molecule is Cc1ccc(Br)cc1NC(=O)c1cccc(OC(F)F)c1. The summed E-state index contributed by atoms with van der Waals surface area (Å²) in [6, 6.07) is 11.1. The van der Waals surface area contributed by atoms with Crippen LogP contribution in [-0.4, -0.2) is 12.5 Å². The smallest absolute Gasteiger partial charge is 0.387 e. The van der Waals surface area contributed by atoms with Crippen molar-refractivity contribution in [2.24, 2.45) is 0 Å². The number of benzene rings is 2. The number of halogens is 3. The molecule has 6 heteroatoms. The van der Waals surface area contributed by atoms with Crippen molar-refractivity contribution in [3.63, 3.8) is 0 Å². The first-order valence-corrected chi connectivity index (χ1v) is 6.87. The molecule has 0 heterocycles. The molecule has 0 unspecified atom stereocenters. The number of carbonyl (C=O) groups excluding carboxylic acids is 1. The Hall–Kier alpha value is -1.95. The van der Waals surface area contributed by atoms with Crippen molar-refractivity contribution in [3.05, 3.63) is 58.1 Å². The second kappa shape index (κ2) is 6.67. The fraction of sp³-hybridized carbons (Fsp3) is 0.133. The molecule has 0 saturated carbocycles. The first kappa shape index (κ1) is 15.4. The molecule has 2 rings (SSSR count). The fourth-order valence-corrected chi connectivity index (χ4v) is 2.10. The zero-order valence-electron chi connectivity index (χ0n) is 11.1. The number of aryl methyl sites for hydroxylation is 1. The fourth-order valence-electron chi connectivity index (χ4n) is 1.74. The van der Waals surface area contributed by atoms with Crippen LogP contribution in [0.5, 0.6) is 5.75 Å². The molecule has 0 atom stereocenters. The zero-order valence-corrected chi connectivity index (χ0v) is 12.7. The number of anilines is 1. The normalized spacial score (nSPS) is 10.5. The van der Waals surface area contributed by atoms with Gasteiger partial charge in [-0.15, -0.1) is 0 Å². The lowest BCUT2D eigenvalue weighted by Gasteiger charge is -2.10.